The molecule has 2 aromatic carbocycles. The molecule has 2 amide bonds. The largest absolute Gasteiger partial charge is 0.383 e. The molecule has 126 valence electrons. The molecule has 0 aliphatic heterocycles. The minimum Gasteiger partial charge on any atom is -0.383 e. The zero-order chi connectivity index (χ0) is 17.5. The van der Waals surface area contributed by atoms with Gasteiger partial charge in [0.1, 0.15) is 0 Å². The summed E-state index contributed by atoms with van der Waals surface area (Å²) in [4.78, 5) is 24.3. The Labute approximate surface area is 149 Å². The van der Waals surface area contributed by atoms with Crippen molar-refractivity contribution < 1.29 is 14.3 Å². The number of halogens is 2. The Morgan fingerprint density at radius 2 is 1.88 bits per heavy atom. The normalized spacial score (nSPS) is 10.3. The molecule has 5 nitrogen and oxygen atoms in total. The van der Waals surface area contributed by atoms with Crippen LogP contribution in [0.25, 0.3) is 0 Å². The maximum Gasteiger partial charge on any atom is 0.257 e. The van der Waals surface area contributed by atoms with Gasteiger partial charge in [-0.15, -0.1) is 0 Å². The van der Waals surface area contributed by atoms with E-state index in [0.717, 1.165) is 0 Å². The molecule has 2 rings (SSSR count). The van der Waals surface area contributed by atoms with Crippen LogP contribution in [-0.2, 0) is 4.74 Å². The summed E-state index contributed by atoms with van der Waals surface area (Å²) >= 11 is 11.8. The van der Waals surface area contributed by atoms with Crippen molar-refractivity contribution in [2.24, 2.45) is 0 Å². The van der Waals surface area contributed by atoms with Crippen LogP contribution in [0.2, 0.25) is 10.0 Å². The van der Waals surface area contributed by atoms with Gasteiger partial charge in [-0.25, -0.2) is 0 Å². The number of rotatable bonds is 6. The molecule has 0 bridgehead atoms. The van der Waals surface area contributed by atoms with Crippen LogP contribution in [0.5, 0.6) is 0 Å². The fourth-order valence-corrected chi connectivity index (χ4v) is 2.47. The van der Waals surface area contributed by atoms with E-state index < -0.39 is 0 Å². The van der Waals surface area contributed by atoms with E-state index in [2.05, 4.69) is 10.6 Å². The number of anilines is 1. The van der Waals surface area contributed by atoms with Gasteiger partial charge in [0.15, 0.2) is 0 Å². The van der Waals surface area contributed by atoms with E-state index in [0.29, 0.717) is 35.0 Å². The van der Waals surface area contributed by atoms with Crippen LogP contribution in [0.1, 0.15) is 20.7 Å². The van der Waals surface area contributed by atoms with Crippen LogP contribution < -0.4 is 10.6 Å². The second kappa shape index (κ2) is 8.68. The lowest BCUT2D eigenvalue weighted by atomic mass is 10.1. The minimum atomic E-state index is -0.381. The first-order chi connectivity index (χ1) is 11.5. The standard InChI is InChI=1S/C17H16Cl2N2O3/c1-24-8-7-20-16(22)11-3-2-4-13(9-11)21-17(23)14-6-5-12(18)10-15(14)19/h2-6,9-10H,7-8H2,1H3,(H,20,22)(H,21,23). The average molecular weight is 367 g/mol. The van der Waals surface area contributed by atoms with Crippen molar-refractivity contribution in [3.05, 3.63) is 63.6 Å². The molecule has 2 N–H and O–H groups in total. The SMILES string of the molecule is COCCNC(=O)c1cccc(NC(=O)c2ccc(Cl)cc2Cl)c1. The molecule has 0 aromatic heterocycles. The van der Waals surface area contributed by atoms with Crippen molar-refractivity contribution in [3.63, 3.8) is 0 Å². The van der Waals surface area contributed by atoms with Gasteiger partial charge >= 0.3 is 0 Å². The Bertz CT molecular complexity index is 750. The van der Waals surface area contributed by atoms with Crippen LogP contribution in [0.15, 0.2) is 42.5 Å². The van der Waals surface area contributed by atoms with Gasteiger partial charge in [0.2, 0.25) is 0 Å². The lowest BCUT2D eigenvalue weighted by molar-refractivity contribution is 0.0936. The molecule has 0 unspecified atom stereocenters. The second-order valence-electron chi connectivity index (χ2n) is 4.91. The van der Waals surface area contributed by atoms with Crippen molar-refractivity contribution in [1.29, 1.82) is 0 Å². The molecule has 0 heterocycles. The average Bonchev–Trinajstić information content (AvgIpc) is 2.55. The zero-order valence-electron chi connectivity index (χ0n) is 12.9. The van der Waals surface area contributed by atoms with E-state index in [1.54, 1.807) is 43.5 Å². The summed E-state index contributed by atoms with van der Waals surface area (Å²) < 4.78 is 4.88. The zero-order valence-corrected chi connectivity index (χ0v) is 14.4. The number of carbonyl (C=O) groups excluding carboxylic acids is 2. The summed E-state index contributed by atoms with van der Waals surface area (Å²) in [6.07, 6.45) is 0. The van der Waals surface area contributed by atoms with Gasteiger partial charge in [-0.3, -0.25) is 9.59 Å². The molecule has 2 aromatic rings. The van der Waals surface area contributed by atoms with E-state index in [4.69, 9.17) is 27.9 Å². The van der Waals surface area contributed by atoms with Gasteiger partial charge in [0.25, 0.3) is 11.8 Å². The van der Waals surface area contributed by atoms with E-state index in [-0.39, 0.29) is 16.8 Å². The summed E-state index contributed by atoms with van der Waals surface area (Å²) in [6, 6.07) is 11.2. The van der Waals surface area contributed by atoms with Gasteiger partial charge in [-0.05, 0) is 36.4 Å². The van der Waals surface area contributed by atoms with Crippen molar-refractivity contribution >= 4 is 40.7 Å². The van der Waals surface area contributed by atoms with Gasteiger partial charge in [0, 0.05) is 29.9 Å². The van der Waals surface area contributed by atoms with Gasteiger partial charge in [0.05, 0.1) is 17.2 Å². The first-order valence-corrected chi connectivity index (χ1v) is 7.90. The predicted molar refractivity (Wildman–Crippen MR) is 95.1 cm³/mol. The van der Waals surface area contributed by atoms with E-state index >= 15 is 0 Å². The third-order valence-corrected chi connectivity index (χ3v) is 3.70. The molecule has 0 saturated carbocycles. The molecule has 7 heteroatoms. The molecular formula is C17H16Cl2N2O3. The fourth-order valence-electron chi connectivity index (χ4n) is 1.98. The number of methoxy groups -OCH3 is 1. The number of benzene rings is 2. The fraction of sp³-hybridized carbons (Fsp3) is 0.176. The molecule has 0 atom stereocenters. The minimum absolute atomic E-state index is 0.243. The Hall–Kier alpha value is -2.08. The molecular weight excluding hydrogens is 351 g/mol. The topological polar surface area (TPSA) is 67.4 Å². The molecule has 0 spiro atoms. The van der Waals surface area contributed by atoms with Crippen LogP contribution in [0.3, 0.4) is 0 Å². The number of amides is 2. The third kappa shape index (κ3) is 4.96. The van der Waals surface area contributed by atoms with Gasteiger partial charge in [-0.2, -0.15) is 0 Å². The highest BCUT2D eigenvalue weighted by molar-refractivity contribution is 6.37. The number of carbonyl (C=O) groups is 2. The Morgan fingerprint density at radius 3 is 2.58 bits per heavy atom. The molecule has 0 radical (unpaired) electrons. The first kappa shape index (κ1) is 18.3. The van der Waals surface area contributed by atoms with Crippen LogP contribution in [0, 0.1) is 0 Å². The summed E-state index contributed by atoms with van der Waals surface area (Å²) in [5.41, 5.74) is 1.23. The molecule has 0 saturated heterocycles. The molecule has 24 heavy (non-hydrogen) atoms. The number of nitrogens with one attached hydrogen (secondary N) is 2. The number of hydrogen-bond donors (Lipinski definition) is 2. The van der Waals surface area contributed by atoms with Crippen LogP contribution >= 0.6 is 23.2 Å². The van der Waals surface area contributed by atoms with Crippen molar-refractivity contribution in [2.75, 3.05) is 25.6 Å². The van der Waals surface area contributed by atoms with E-state index in [9.17, 15) is 9.59 Å². The third-order valence-electron chi connectivity index (χ3n) is 3.15. The van der Waals surface area contributed by atoms with Crippen LogP contribution in [-0.4, -0.2) is 32.1 Å². The Morgan fingerprint density at radius 1 is 1.08 bits per heavy atom. The Balaban J connectivity index is 2.08. The van der Waals surface area contributed by atoms with Gasteiger partial charge < -0.3 is 15.4 Å². The highest BCUT2D eigenvalue weighted by Crippen LogP contribution is 2.22. The lowest BCUT2D eigenvalue weighted by Gasteiger charge is -2.09. The number of hydrogen-bond acceptors (Lipinski definition) is 3. The van der Waals surface area contributed by atoms with E-state index in [1.165, 1.54) is 6.07 Å². The summed E-state index contributed by atoms with van der Waals surface area (Å²) in [5.74, 6) is -0.624. The Kier molecular flexibility index (Phi) is 6.61. The summed E-state index contributed by atoms with van der Waals surface area (Å²) in [5, 5.41) is 6.13. The van der Waals surface area contributed by atoms with Crippen molar-refractivity contribution in [2.45, 2.75) is 0 Å². The van der Waals surface area contributed by atoms with Crippen molar-refractivity contribution in [1.82, 2.24) is 5.32 Å². The second-order valence-corrected chi connectivity index (χ2v) is 5.75. The number of ether oxygens (including phenoxy) is 1. The summed E-state index contributed by atoms with van der Waals surface area (Å²) in [7, 11) is 1.56. The van der Waals surface area contributed by atoms with Crippen molar-refractivity contribution in [3.8, 4) is 0 Å². The first-order valence-electron chi connectivity index (χ1n) is 7.15. The highest BCUT2D eigenvalue weighted by atomic mass is 35.5. The van der Waals surface area contributed by atoms with E-state index in [1.807, 2.05) is 0 Å². The van der Waals surface area contributed by atoms with Gasteiger partial charge in [-0.1, -0.05) is 29.3 Å². The smallest absolute Gasteiger partial charge is 0.257 e. The van der Waals surface area contributed by atoms with Crippen LogP contribution in [0.4, 0.5) is 5.69 Å². The lowest BCUT2D eigenvalue weighted by Crippen LogP contribution is -2.27. The maximum atomic E-state index is 12.3. The highest BCUT2D eigenvalue weighted by Gasteiger charge is 2.12. The monoisotopic (exact) mass is 366 g/mol. The summed E-state index contributed by atoms with van der Waals surface area (Å²) in [6.45, 7) is 0.837. The molecule has 0 aliphatic carbocycles. The molecule has 0 fully saturated rings. The quantitative estimate of drug-likeness (QED) is 0.767. The maximum absolute atomic E-state index is 12.3. The molecule has 0 aliphatic rings. The predicted octanol–water partition coefficient (Wildman–Crippen LogP) is 3.62.